The lowest BCUT2D eigenvalue weighted by Gasteiger charge is -2.12. The van der Waals surface area contributed by atoms with Crippen molar-refractivity contribution in [1.82, 2.24) is 5.32 Å². The Morgan fingerprint density at radius 3 is 2.32 bits per heavy atom. The molecule has 3 aromatic rings. The number of hydrogen-bond donors (Lipinski definition) is 1. The van der Waals surface area contributed by atoms with Crippen molar-refractivity contribution in [1.29, 1.82) is 0 Å². The van der Waals surface area contributed by atoms with Crippen molar-refractivity contribution in [2.45, 2.75) is 16.3 Å². The monoisotopic (exact) mass is 347 g/mol. The van der Waals surface area contributed by atoms with Gasteiger partial charge in [0.2, 0.25) is 6.41 Å². The van der Waals surface area contributed by atoms with Gasteiger partial charge in [0.05, 0.1) is 0 Å². The van der Waals surface area contributed by atoms with Crippen LogP contribution in [-0.2, 0) is 11.3 Å². The van der Waals surface area contributed by atoms with E-state index in [0.717, 1.165) is 32.8 Å². The average molecular weight is 347 g/mol. The van der Waals surface area contributed by atoms with Gasteiger partial charge in [-0.15, -0.1) is 0 Å². The van der Waals surface area contributed by atoms with Crippen molar-refractivity contribution >= 4 is 24.5 Å². The zero-order valence-corrected chi connectivity index (χ0v) is 14.3. The van der Waals surface area contributed by atoms with Gasteiger partial charge in [-0.25, -0.2) is 0 Å². The van der Waals surface area contributed by atoms with Crippen LogP contribution in [0.5, 0.6) is 0 Å². The van der Waals surface area contributed by atoms with E-state index in [1.165, 1.54) is 11.8 Å². The Morgan fingerprint density at radius 1 is 0.800 bits per heavy atom. The number of carbonyl (C=O) groups excluding carboxylic acids is 2. The fourth-order valence-electron chi connectivity index (χ4n) is 2.57. The molecule has 3 aromatic carbocycles. The molecule has 0 aliphatic rings. The zero-order chi connectivity index (χ0) is 17.5. The highest BCUT2D eigenvalue weighted by Gasteiger charge is 2.09. The fourth-order valence-corrected chi connectivity index (χ4v) is 3.58. The highest BCUT2D eigenvalue weighted by molar-refractivity contribution is 7.99. The standard InChI is InChI=1S/C21H17NO2S/c23-14-18-8-4-5-9-20(18)25-21-11-10-17(12-19(21)13-22-15-24)16-6-2-1-3-7-16/h1-12,14-15H,13H2,(H,22,24). The summed E-state index contributed by atoms with van der Waals surface area (Å²) >= 11 is 1.53. The third kappa shape index (κ3) is 4.17. The highest BCUT2D eigenvalue weighted by Crippen LogP contribution is 2.34. The van der Waals surface area contributed by atoms with Gasteiger partial charge in [-0.05, 0) is 34.9 Å². The van der Waals surface area contributed by atoms with Gasteiger partial charge in [-0.2, -0.15) is 0 Å². The predicted octanol–water partition coefficient (Wildman–Crippen LogP) is 4.56. The molecule has 0 fully saturated rings. The lowest BCUT2D eigenvalue weighted by molar-refractivity contribution is -0.109. The summed E-state index contributed by atoms with van der Waals surface area (Å²) in [6, 6.07) is 23.8. The molecule has 0 aliphatic carbocycles. The van der Waals surface area contributed by atoms with Crippen molar-refractivity contribution in [3.8, 4) is 11.1 Å². The van der Waals surface area contributed by atoms with E-state index in [1.54, 1.807) is 6.07 Å². The largest absolute Gasteiger partial charge is 0.355 e. The maximum Gasteiger partial charge on any atom is 0.207 e. The molecular formula is C21H17NO2S. The van der Waals surface area contributed by atoms with Gasteiger partial charge < -0.3 is 5.32 Å². The minimum absolute atomic E-state index is 0.440. The van der Waals surface area contributed by atoms with Crippen LogP contribution in [0.4, 0.5) is 0 Å². The smallest absolute Gasteiger partial charge is 0.207 e. The number of hydrogen-bond acceptors (Lipinski definition) is 3. The molecule has 1 N–H and O–H groups in total. The van der Waals surface area contributed by atoms with E-state index in [-0.39, 0.29) is 0 Å². The van der Waals surface area contributed by atoms with E-state index in [0.29, 0.717) is 18.5 Å². The Labute approximate surface area is 151 Å². The summed E-state index contributed by atoms with van der Waals surface area (Å²) in [6.07, 6.45) is 1.56. The molecule has 3 rings (SSSR count). The molecule has 4 heteroatoms. The number of carbonyl (C=O) groups is 2. The number of benzene rings is 3. The maximum absolute atomic E-state index is 11.2. The van der Waals surface area contributed by atoms with Crippen molar-refractivity contribution in [2.75, 3.05) is 0 Å². The van der Waals surface area contributed by atoms with Crippen LogP contribution in [-0.4, -0.2) is 12.7 Å². The van der Waals surface area contributed by atoms with Crippen LogP contribution >= 0.6 is 11.8 Å². The summed E-state index contributed by atoms with van der Waals surface area (Å²) in [5.74, 6) is 0. The summed E-state index contributed by atoms with van der Waals surface area (Å²) in [5, 5.41) is 2.73. The van der Waals surface area contributed by atoms with E-state index in [4.69, 9.17) is 0 Å². The van der Waals surface area contributed by atoms with Crippen molar-refractivity contribution in [2.24, 2.45) is 0 Å². The van der Waals surface area contributed by atoms with E-state index >= 15 is 0 Å². The summed E-state index contributed by atoms with van der Waals surface area (Å²) in [7, 11) is 0. The highest BCUT2D eigenvalue weighted by atomic mass is 32.2. The van der Waals surface area contributed by atoms with Crippen LogP contribution in [0.3, 0.4) is 0 Å². The molecule has 0 saturated carbocycles. The first kappa shape index (κ1) is 17.0. The number of aldehydes is 1. The molecule has 25 heavy (non-hydrogen) atoms. The van der Waals surface area contributed by atoms with Gasteiger partial charge in [-0.1, -0.05) is 66.4 Å². The molecule has 0 aliphatic heterocycles. The lowest BCUT2D eigenvalue weighted by Crippen LogP contribution is -2.10. The third-order valence-electron chi connectivity index (χ3n) is 3.81. The molecule has 1 amide bonds. The summed E-state index contributed by atoms with van der Waals surface area (Å²) < 4.78 is 0. The minimum atomic E-state index is 0.440. The lowest BCUT2D eigenvalue weighted by atomic mass is 10.0. The molecule has 124 valence electrons. The van der Waals surface area contributed by atoms with Crippen LogP contribution in [0.1, 0.15) is 15.9 Å². The normalized spacial score (nSPS) is 10.2. The van der Waals surface area contributed by atoms with Crippen LogP contribution in [0.2, 0.25) is 0 Å². The van der Waals surface area contributed by atoms with E-state index in [1.807, 2.05) is 42.5 Å². The molecular weight excluding hydrogens is 330 g/mol. The third-order valence-corrected chi connectivity index (χ3v) is 5.02. The second kappa shape index (κ2) is 8.31. The predicted molar refractivity (Wildman–Crippen MR) is 101 cm³/mol. The number of nitrogens with one attached hydrogen (secondary N) is 1. The van der Waals surface area contributed by atoms with E-state index in [9.17, 15) is 9.59 Å². The van der Waals surface area contributed by atoms with E-state index < -0.39 is 0 Å². The van der Waals surface area contributed by atoms with Gasteiger partial charge in [0, 0.05) is 21.9 Å². The number of rotatable bonds is 7. The molecule has 0 heterocycles. The molecule has 0 radical (unpaired) electrons. The second-order valence-corrected chi connectivity index (χ2v) is 6.53. The molecule has 0 bridgehead atoms. The van der Waals surface area contributed by atoms with Crippen LogP contribution in [0, 0.1) is 0 Å². The van der Waals surface area contributed by atoms with Gasteiger partial charge in [0.15, 0.2) is 6.29 Å². The van der Waals surface area contributed by atoms with Crippen molar-refractivity contribution in [3.63, 3.8) is 0 Å². The van der Waals surface area contributed by atoms with Gasteiger partial charge in [0.1, 0.15) is 0 Å². The van der Waals surface area contributed by atoms with Crippen LogP contribution in [0.15, 0.2) is 82.6 Å². The van der Waals surface area contributed by atoms with Gasteiger partial charge in [0.25, 0.3) is 0 Å². The Kier molecular flexibility index (Phi) is 5.65. The zero-order valence-electron chi connectivity index (χ0n) is 13.5. The molecule has 0 atom stereocenters. The summed E-state index contributed by atoms with van der Waals surface area (Å²) in [5.41, 5.74) is 3.89. The first-order valence-electron chi connectivity index (χ1n) is 7.89. The average Bonchev–Trinajstić information content (AvgIpc) is 2.68. The van der Waals surface area contributed by atoms with E-state index in [2.05, 4.69) is 29.6 Å². The Morgan fingerprint density at radius 2 is 1.56 bits per heavy atom. The van der Waals surface area contributed by atoms with Crippen LogP contribution in [0.25, 0.3) is 11.1 Å². The molecule has 3 nitrogen and oxygen atoms in total. The quantitative estimate of drug-likeness (QED) is 0.637. The molecule has 0 saturated heterocycles. The maximum atomic E-state index is 11.2. The Balaban J connectivity index is 1.97. The Bertz CT molecular complexity index is 878. The van der Waals surface area contributed by atoms with Gasteiger partial charge >= 0.3 is 0 Å². The molecule has 0 unspecified atom stereocenters. The topological polar surface area (TPSA) is 46.2 Å². The minimum Gasteiger partial charge on any atom is -0.355 e. The summed E-state index contributed by atoms with van der Waals surface area (Å²) in [6.45, 7) is 0.440. The van der Waals surface area contributed by atoms with Crippen LogP contribution < -0.4 is 5.32 Å². The number of amides is 1. The first-order chi connectivity index (χ1) is 12.3. The van der Waals surface area contributed by atoms with Gasteiger partial charge in [-0.3, -0.25) is 9.59 Å². The summed E-state index contributed by atoms with van der Waals surface area (Å²) in [4.78, 5) is 23.9. The SMILES string of the molecule is O=CNCc1cc(-c2ccccc2)ccc1Sc1ccccc1C=O. The van der Waals surface area contributed by atoms with Crippen molar-refractivity contribution < 1.29 is 9.59 Å². The first-order valence-corrected chi connectivity index (χ1v) is 8.71. The Hall–Kier alpha value is -2.85. The fraction of sp³-hybridized carbons (Fsp3) is 0.0476. The van der Waals surface area contributed by atoms with Crippen molar-refractivity contribution in [3.05, 3.63) is 83.9 Å². The molecule has 0 spiro atoms. The second-order valence-electron chi connectivity index (χ2n) is 5.45. The molecule has 0 aromatic heterocycles.